The molecule has 1 fully saturated rings. The molecule has 1 aromatic carbocycles. The van der Waals surface area contributed by atoms with Crippen molar-refractivity contribution in [1.82, 2.24) is 4.98 Å². The Kier molecular flexibility index (Phi) is 7.23. The van der Waals surface area contributed by atoms with Crippen LogP contribution in [0.2, 0.25) is 0 Å². The fraction of sp³-hybridized carbons (Fsp3) is 0.421. The molecule has 1 aliphatic rings. The lowest BCUT2D eigenvalue weighted by atomic mass is 10.0. The van der Waals surface area contributed by atoms with Gasteiger partial charge >= 0.3 is 0 Å². The van der Waals surface area contributed by atoms with Crippen LogP contribution in [0.25, 0.3) is 0 Å². The van der Waals surface area contributed by atoms with Crippen molar-refractivity contribution < 1.29 is 14.0 Å². The third kappa shape index (κ3) is 6.62. The molecule has 2 N–H and O–H groups in total. The van der Waals surface area contributed by atoms with Gasteiger partial charge in [0.05, 0.1) is 11.4 Å². The number of aromatic nitrogens is 1. The number of thiazole rings is 1. The van der Waals surface area contributed by atoms with Gasteiger partial charge in [0.15, 0.2) is 5.13 Å². The van der Waals surface area contributed by atoms with Crippen molar-refractivity contribution >= 4 is 45.7 Å². The van der Waals surface area contributed by atoms with Crippen LogP contribution in [0, 0.1) is 11.7 Å². The molecule has 0 radical (unpaired) electrons. The van der Waals surface area contributed by atoms with Gasteiger partial charge < -0.3 is 10.6 Å². The average Bonchev–Trinajstić information content (AvgIpc) is 3.29. The predicted molar refractivity (Wildman–Crippen MR) is 109 cm³/mol. The molecule has 1 heterocycles. The quantitative estimate of drug-likeness (QED) is 0.667. The number of amides is 2. The highest BCUT2D eigenvalue weighted by Crippen LogP contribution is 2.28. The second kappa shape index (κ2) is 9.85. The zero-order valence-electron chi connectivity index (χ0n) is 14.9. The number of hydrogen-bond donors (Lipinski definition) is 2. The van der Waals surface area contributed by atoms with E-state index in [1.54, 1.807) is 0 Å². The molecule has 144 valence electrons. The van der Waals surface area contributed by atoms with Gasteiger partial charge in [-0.3, -0.25) is 9.59 Å². The fourth-order valence-corrected chi connectivity index (χ4v) is 4.60. The summed E-state index contributed by atoms with van der Waals surface area (Å²) in [7, 11) is 0. The van der Waals surface area contributed by atoms with Crippen molar-refractivity contribution in [2.24, 2.45) is 5.92 Å². The van der Waals surface area contributed by atoms with E-state index in [-0.39, 0.29) is 23.4 Å². The van der Waals surface area contributed by atoms with Crippen LogP contribution >= 0.6 is 23.1 Å². The number of anilines is 2. The second-order valence-corrected chi connectivity index (χ2v) is 8.44. The van der Waals surface area contributed by atoms with Gasteiger partial charge in [-0.05, 0) is 43.0 Å². The van der Waals surface area contributed by atoms with E-state index in [1.165, 1.54) is 60.2 Å². The van der Waals surface area contributed by atoms with Gasteiger partial charge in [0.1, 0.15) is 5.82 Å². The Labute approximate surface area is 166 Å². The zero-order chi connectivity index (χ0) is 19.1. The van der Waals surface area contributed by atoms with Crippen LogP contribution in [0.15, 0.2) is 29.6 Å². The highest BCUT2D eigenvalue weighted by molar-refractivity contribution is 7.99. The van der Waals surface area contributed by atoms with Crippen LogP contribution in [0.3, 0.4) is 0 Å². The Morgan fingerprint density at radius 2 is 1.89 bits per heavy atom. The normalized spacial score (nSPS) is 14.3. The molecule has 5 nitrogen and oxygen atoms in total. The predicted octanol–water partition coefficient (Wildman–Crippen LogP) is 4.67. The first-order chi connectivity index (χ1) is 13.1. The van der Waals surface area contributed by atoms with Crippen LogP contribution in [0.5, 0.6) is 0 Å². The first kappa shape index (κ1) is 19.8. The van der Waals surface area contributed by atoms with Gasteiger partial charge in [-0.2, -0.15) is 0 Å². The molecule has 0 unspecified atom stereocenters. The molecule has 3 rings (SSSR count). The lowest BCUT2D eigenvalue weighted by Gasteiger charge is -2.07. The Hall–Kier alpha value is -1.93. The Morgan fingerprint density at radius 1 is 1.15 bits per heavy atom. The highest BCUT2D eigenvalue weighted by atomic mass is 32.2. The summed E-state index contributed by atoms with van der Waals surface area (Å²) in [5, 5.41) is 8.11. The molecule has 1 aliphatic carbocycles. The molecule has 2 aromatic rings. The second-order valence-electron chi connectivity index (χ2n) is 6.59. The minimum absolute atomic E-state index is 0.0362. The Balaban J connectivity index is 1.36. The van der Waals surface area contributed by atoms with E-state index in [2.05, 4.69) is 15.6 Å². The summed E-state index contributed by atoms with van der Waals surface area (Å²) in [5.74, 6) is 0.933. The lowest BCUT2D eigenvalue weighted by molar-refractivity contribution is -0.117. The van der Waals surface area contributed by atoms with E-state index >= 15 is 0 Å². The minimum atomic E-state index is -0.336. The fourth-order valence-electron chi connectivity index (χ4n) is 3.06. The van der Waals surface area contributed by atoms with Gasteiger partial charge in [-0.1, -0.05) is 12.8 Å². The van der Waals surface area contributed by atoms with E-state index in [9.17, 15) is 14.0 Å². The smallest absolute Gasteiger partial charge is 0.234 e. The summed E-state index contributed by atoms with van der Waals surface area (Å²) in [6.45, 7) is 0. The molecular weight excluding hydrogens is 385 g/mol. The van der Waals surface area contributed by atoms with Crippen molar-refractivity contribution in [2.75, 3.05) is 16.4 Å². The van der Waals surface area contributed by atoms with E-state index in [0.29, 0.717) is 28.9 Å². The maximum absolute atomic E-state index is 12.8. The molecule has 2 amide bonds. The molecule has 0 saturated heterocycles. The molecule has 0 spiro atoms. The highest BCUT2D eigenvalue weighted by Gasteiger charge is 2.19. The monoisotopic (exact) mass is 407 g/mol. The van der Waals surface area contributed by atoms with Crippen LogP contribution < -0.4 is 10.6 Å². The number of nitrogens with one attached hydrogen (secondary N) is 2. The SMILES string of the molecule is O=C(CSCc1csc(NC(=O)CC2CCCC2)n1)Nc1ccc(F)cc1. The number of rotatable bonds is 8. The van der Waals surface area contributed by atoms with Gasteiger partial charge in [0, 0.05) is 23.2 Å². The summed E-state index contributed by atoms with van der Waals surface area (Å²) >= 11 is 2.85. The summed E-state index contributed by atoms with van der Waals surface area (Å²) < 4.78 is 12.8. The zero-order valence-corrected chi connectivity index (χ0v) is 16.5. The number of benzene rings is 1. The Morgan fingerprint density at radius 3 is 2.63 bits per heavy atom. The standard InChI is InChI=1S/C19H22FN3O2S2/c20-14-5-7-15(8-6-14)21-18(25)12-26-10-16-11-27-19(22-16)23-17(24)9-13-3-1-2-4-13/h5-8,11,13H,1-4,9-10,12H2,(H,21,25)(H,22,23,24). The summed E-state index contributed by atoms with van der Waals surface area (Å²) in [5.41, 5.74) is 1.42. The Bertz CT molecular complexity index is 774. The van der Waals surface area contributed by atoms with Gasteiger partial charge in [-0.25, -0.2) is 9.37 Å². The number of nitrogens with zero attached hydrogens (tertiary/aromatic N) is 1. The number of carbonyl (C=O) groups is 2. The molecule has 0 bridgehead atoms. The number of thioether (sulfide) groups is 1. The van der Waals surface area contributed by atoms with Crippen LogP contribution in [-0.4, -0.2) is 22.6 Å². The largest absolute Gasteiger partial charge is 0.325 e. The maximum atomic E-state index is 12.8. The van der Waals surface area contributed by atoms with Crippen LogP contribution in [0.4, 0.5) is 15.2 Å². The van der Waals surface area contributed by atoms with Crippen LogP contribution in [0.1, 0.15) is 37.8 Å². The lowest BCUT2D eigenvalue weighted by Crippen LogP contribution is -2.15. The first-order valence-corrected chi connectivity index (χ1v) is 11.0. The first-order valence-electron chi connectivity index (χ1n) is 8.96. The van der Waals surface area contributed by atoms with E-state index < -0.39 is 0 Å². The topological polar surface area (TPSA) is 71.1 Å². The van der Waals surface area contributed by atoms with Crippen molar-refractivity contribution in [3.05, 3.63) is 41.2 Å². The van der Waals surface area contributed by atoms with Crippen molar-refractivity contribution in [3.8, 4) is 0 Å². The van der Waals surface area contributed by atoms with Gasteiger partial charge in [0.2, 0.25) is 11.8 Å². The van der Waals surface area contributed by atoms with E-state index in [4.69, 9.17) is 0 Å². The third-order valence-electron chi connectivity index (χ3n) is 4.36. The van der Waals surface area contributed by atoms with E-state index in [1.807, 2.05) is 5.38 Å². The molecular formula is C19H22FN3O2S2. The molecule has 27 heavy (non-hydrogen) atoms. The molecule has 1 saturated carbocycles. The van der Waals surface area contributed by atoms with Gasteiger partial charge in [-0.15, -0.1) is 23.1 Å². The number of carbonyl (C=O) groups excluding carboxylic acids is 2. The average molecular weight is 408 g/mol. The van der Waals surface area contributed by atoms with Crippen molar-refractivity contribution in [1.29, 1.82) is 0 Å². The molecule has 0 aliphatic heterocycles. The van der Waals surface area contributed by atoms with E-state index in [0.717, 1.165) is 18.5 Å². The summed E-state index contributed by atoms with van der Waals surface area (Å²) in [6, 6.07) is 5.67. The number of halogens is 1. The number of hydrogen-bond acceptors (Lipinski definition) is 5. The summed E-state index contributed by atoms with van der Waals surface area (Å²) in [6.07, 6.45) is 5.32. The van der Waals surface area contributed by atoms with Crippen molar-refractivity contribution in [3.63, 3.8) is 0 Å². The molecule has 0 atom stereocenters. The minimum Gasteiger partial charge on any atom is -0.325 e. The molecule has 8 heteroatoms. The third-order valence-corrected chi connectivity index (χ3v) is 6.13. The van der Waals surface area contributed by atoms with Crippen molar-refractivity contribution in [2.45, 2.75) is 37.9 Å². The molecule has 1 aromatic heterocycles. The summed E-state index contributed by atoms with van der Waals surface area (Å²) in [4.78, 5) is 28.4. The maximum Gasteiger partial charge on any atom is 0.234 e. The van der Waals surface area contributed by atoms with Gasteiger partial charge in [0.25, 0.3) is 0 Å². The van der Waals surface area contributed by atoms with Crippen LogP contribution in [-0.2, 0) is 15.3 Å².